The summed E-state index contributed by atoms with van der Waals surface area (Å²) >= 11 is 0. The molecule has 2 aromatic heterocycles. The quantitative estimate of drug-likeness (QED) is 0.494. The van der Waals surface area contributed by atoms with Crippen LogP contribution in [0.5, 0.6) is 5.88 Å². The smallest absolute Gasteiger partial charge is 0.416 e. The van der Waals surface area contributed by atoms with Crippen LogP contribution in [-0.2, 0) is 16.2 Å². The first-order chi connectivity index (χ1) is 17.0. The number of nitrogens with zero attached hydrogens (tertiary/aromatic N) is 4. The Morgan fingerprint density at radius 1 is 1.06 bits per heavy atom. The molecule has 3 aromatic rings. The third kappa shape index (κ3) is 5.93. The minimum absolute atomic E-state index is 0.0478. The van der Waals surface area contributed by atoms with Crippen LogP contribution < -0.4 is 9.46 Å². The maximum Gasteiger partial charge on any atom is 0.416 e. The Morgan fingerprint density at radius 2 is 1.86 bits per heavy atom. The molecule has 0 amide bonds. The van der Waals surface area contributed by atoms with Crippen LogP contribution in [0.3, 0.4) is 0 Å². The molecule has 192 valence electrons. The number of aromatic nitrogens is 3. The fraction of sp³-hybridized carbons (Fsp3) is 0.375. The molecule has 8 nitrogen and oxygen atoms in total. The van der Waals surface area contributed by atoms with E-state index in [2.05, 4.69) is 19.7 Å². The summed E-state index contributed by atoms with van der Waals surface area (Å²) in [6.07, 6.45) is 0.913. The summed E-state index contributed by atoms with van der Waals surface area (Å²) in [6, 6.07) is 9.56. The van der Waals surface area contributed by atoms with Gasteiger partial charge in [0.25, 0.3) is 10.0 Å². The van der Waals surface area contributed by atoms with Gasteiger partial charge in [-0.05, 0) is 69.1 Å². The number of hydrogen-bond donors (Lipinski definition) is 1. The lowest BCUT2D eigenvalue weighted by Gasteiger charge is -2.39. The first-order valence-corrected chi connectivity index (χ1v) is 12.8. The Balaban J connectivity index is 1.55. The highest BCUT2D eigenvalue weighted by molar-refractivity contribution is 7.92. The Morgan fingerprint density at radius 3 is 2.56 bits per heavy atom. The maximum atomic E-state index is 13.2. The van der Waals surface area contributed by atoms with E-state index >= 15 is 0 Å². The van der Waals surface area contributed by atoms with Crippen molar-refractivity contribution in [2.75, 3.05) is 18.8 Å². The second-order valence-electron chi connectivity index (χ2n) is 8.83. The van der Waals surface area contributed by atoms with Crippen LogP contribution in [0.4, 0.5) is 19.0 Å². The molecule has 1 saturated carbocycles. The van der Waals surface area contributed by atoms with Crippen molar-refractivity contribution in [2.24, 2.45) is 0 Å². The number of alkyl halides is 3. The molecule has 1 fully saturated rings. The lowest BCUT2D eigenvalue weighted by molar-refractivity contribution is -0.137. The average molecular weight is 522 g/mol. The minimum atomic E-state index is -4.40. The van der Waals surface area contributed by atoms with E-state index in [1.54, 1.807) is 6.07 Å². The van der Waals surface area contributed by atoms with Gasteiger partial charge in [0.2, 0.25) is 5.88 Å². The van der Waals surface area contributed by atoms with Crippen LogP contribution >= 0.6 is 0 Å². The number of pyridine rings is 1. The maximum absolute atomic E-state index is 13.2. The van der Waals surface area contributed by atoms with E-state index in [1.807, 2.05) is 19.0 Å². The van der Waals surface area contributed by atoms with Crippen molar-refractivity contribution in [3.8, 4) is 5.88 Å². The molecule has 3 atom stereocenters. The zero-order valence-corrected chi connectivity index (χ0v) is 20.5. The second kappa shape index (κ2) is 10.4. The van der Waals surface area contributed by atoms with Gasteiger partial charge in [-0.25, -0.2) is 23.4 Å². The number of nitrogens with one attached hydrogen (secondary N) is 1. The van der Waals surface area contributed by atoms with Crippen LogP contribution in [0.15, 0.2) is 66.1 Å². The molecule has 0 aliphatic heterocycles. The fourth-order valence-corrected chi connectivity index (χ4v) is 5.52. The zero-order chi connectivity index (χ0) is 25.9. The minimum Gasteiger partial charge on any atom is -0.472 e. The molecule has 0 unspecified atom stereocenters. The zero-order valence-electron chi connectivity index (χ0n) is 19.7. The lowest BCUT2D eigenvalue weighted by Crippen LogP contribution is -2.46. The number of hydrogen-bond acceptors (Lipinski definition) is 7. The van der Waals surface area contributed by atoms with Crippen LogP contribution in [0.2, 0.25) is 0 Å². The molecule has 2 heterocycles. The van der Waals surface area contributed by atoms with Crippen LogP contribution in [0, 0.1) is 0 Å². The third-order valence-corrected chi connectivity index (χ3v) is 7.58. The second-order valence-corrected chi connectivity index (χ2v) is 10.5. The summed E-state index contributed by atoms with van der Waals surface area (Å²) < 4.78 is 74.3. The Kier molecular flexibility index (Phi) is 7.46. The van der Waals surface area contributed by atoms with Crippen LogP contribution in [-0.4, -0.2) is 54.5 Å². The average Bonchev–Trinajstić information content (AvgIpc) is 2.84. The number of halogens is 3. The van der Waals surface area contributed by atoms with Crippen molar-refractivity contribution in [1.29, 1.82) is 0 Å². The molecule has 1 aromatic carbocycles. The first kappa shape index (κ1) is 25.8. The van der Waals surface area contributed by atoms with Gasteiger partial charge >= 0.3 is 6.18 Å². The largest absolute Gasteiger partial charge is 0.472 e. The van der Waals surface area contributed by atoms with Crippen LogP contribution in [0.25, 0.3) is 0 Å². The van der Waals surface area contributed by atoms with Crippen molar-refractivity contribution >= 4 is 15.8 Å². The number of ether oxygens (including phenoxy) is 1. The normalized spacial score (nSPS) is 20.8. The molecule has 0 radical (unpaired) electrons. The topological polar surface area (TPSA) is 97.3 Å². The van der Waals surface area contributed by atoms with E-state index in [9.17, 15) is 21.6 Å². The monoisotopic (exact) mass is 521 g/mol. The van der Waals surface area contributed by atoms with Gasteiger partial charge in [-0.2, -0.15) is 13.2 Å². The van der Waals surface area contributed by atoms with Gasteiger partial charge in [-0.15, -0.1) is 0 Å². The van der Waals surface area contributed by atoms with Crippen molar-refractivity contribution in [3.63, 3.8) is 0 Å². The summed E-state index contributed by atoms with van der Waals surface area (Å²) in [5.41, 5.74) is -0.0374. The molecular weight excluding hydrogens is 495 g/mol. The highest BCUT2D eigenvalue weighted by Gasteiger charge is 2.37. The molecular formula is C24H26F3N5O3S. The number of anilines is 1. The molecule has 0 spiro atoms. The van der Waals surface area contributed by atoms with Crippen molar-refractivity contribution in [2.45, 2.75) is 48.4 Å². The van der Waals surface area contributed by atoms with E-state index in [-0.39, 0.29) is 28.6 Å². The van der Waals surface area contributed by atoms with Crippen molar-refractivity contribution < 1.29 is 26.3 Å². The van der Waals surface area contributed by atoms with Crippen molar-refractivity contribution in [3.05, 3.63) is 72.3 Å². The Hall–Kier alpha value is -3.25. The predicted octanol–water partition coefficient (Wildman–Crippen LogP) is 4.34. The van der Waals surface area contributed by atoms with Gasteiger partial charge in [-0.3, -0.25) is 4.72 Å². The third-order valence-electron chi connectivity index (χ3n) is 6.21. The van der Waals surface area contributed by atoms with Crippen molar-refractivity contribution in [1.82, 2.24) is 19.9 Å². The van der Waals surface area contributed by atoms with Gasteiger partial charge in [-0.1, -0.05) is 18.2 Å². The van der Waals surface area contributed by atoms with Crippen LogP contribution in [0.1, 0.15) is 36.3 Å². The number of likely N-dealkylation sites (N-methyl/N-ethyl adjacent to an activating group) is 1. The summed E-state index contributed by atoms with van der Waals surface area (Å²) in [7, 11) is -0.326. The standard InChI is InChI=1S/C24H26F3N5O3S/c1-32(2)19-14-17(16-5-3-6-18(13-16)24(25,26)27)8-9-20(19)35-23-21(7-4-11-29-23)36(33,34)31-22-10-12-28-15-30-22/h3-7,10-13,15,17,19-20H,8-9,14H2,1-2H3,(H,28,30,31)/t17-,19-,20-/m0/s1. The molecule has 1 aliphatic carbocycles. The van der Waals surface area contributed by atoms with Gasteiger partial charge in [0.05, 0.1) is 5.56 Å². The summed E-state index contributed by atoms with van der Waals surface area (Å²) in [5, 5.41) is 0. The van der Waals surface area contributed by atoms with Gasteiger partial charge in [0.15, 0.2) is 0 Å². The van der Waals surface area contributed by atoms with Gasteiger partial charge in [0, 0.05) is 18.4 Å². The summed E-state index contributed by atoms with van der Waals surface area (Å²) in [4.78, 5) is 13.6. The van der Waals surface area contributed by atoms with E-state index in [4.69, 9.17) is 4.74 Å². The van der Waals surface area contributed by atoms with Gasteiger partial charge < -0.3 is 9.64 Å². The van der Waals surface area contributed by atoms with E-state index in [0.29, 0.717) is 24.8 Å². The molecule has 1 aliphatic rings. The highest BCUT2D eigenvalue weighted by atomic mass is 32.2. The summed E-state index contributed by atoms with van der Waals surface area (Å²) in [5.74, 6) is -0.0353. The molecule has 1 N–H and O–H groups in total. The Bertz CT molecular complexity index is 1290. The van der Waals surface area contributed by atoms with E-state index in [0.717, 1.165) is 6.07 Å². The molecule has 12 heteroatoms. The Labute approximate surface area is 207 Å². The first-order valence-electron chi connectivity index (χ1n) is 11.3. The number of benzene rings is 1. The lowest BCUT2D eigenvalue weighted by atomic mass is 9.79. The molecule has 0 bridgehead atoms. The fourth-order valence-electron chi connectivity index (χ4n) is 4.43. The summed E-state index contributed by atoms with van der Waals surface area (Å²) in [6.45, 7) is 0. The van der Waals surface area contributed by atoms with E-state index in [1.165, 1.54) is 49.1 Å². The number of sulfonamides is 1. The SMILES string of the molecule is CN(C)[C@H]1C[C@@H](c2cccc(C(F)(F)F)c2)CC[C@@H]1Oc1ncccc1S(=O)(=O)Nc1ccncn1. The number of rotatable bonds is 7. The molecule has 4 rings (SSSR count). The predicted molar refractivity (Wildman–Crippen MR) is 127 cm³/mol. The molecule has 36 heavy (non-hydrogen) atoms. The molecule has 0 saturated heterocycles. The van der Waals surface area contributed by atoms with E-state index < -0.39 is 27.9 Å². The van der Waals surface area contributed by atoms with Gasteiger partial charge in [0.1, 0.15) is 23.1 Å². The highest BCUT2D eigenvalue weighted by Crippen LogP contribution is 2.39.